The Bertz CT molecular complexity index is 1380. The van der Waals surface area contributed by atoms with E-state index < -0.39 is 0 Å². The zero-order valence-electron chi connectivity index (χ0n) is 20.2. The average Bonchev–Trinajstić information content (AvgIpc) is 2.93. The maximum Gasteiger partial charge on any atom is 0.259 e. The number of amides is 2. The summed E-state index contributed by atoms with van der Waals surface area (Å²) < 4.78 is 5.56. The number of fused-ring (bicyclic) bond motifs is 1. The number of carbonyl (C=O) groups is 2. The SMILES string of the molecule is CCOc1ccccc1C(=O)Nc1ccc(N2CCN(C(=O)c3ccc4ccccc4c3)CC2)nc1. The van der Waals surface area contributed by atoms with Crippen molar-refractivity contribution in [3.63, 3.8) is 0 Å². The monoisotopic (exact) mass is 480 g/mol. The molecule has 0 bridgehead atoms. The van der Waals surface area contributed by atoms with E-state index in [1.165, 1.54) is 0 Å². The molecule has 7 heteroatoms. The van der Waals surface area contributed by atoms with Crippen LogP contribution in [0.25, 0.3) is 10.8 Å². The molecule has 0 saturated carbocycles. The molecule has 1 saturated heterocycles. The van der Waals surface area contributed by atoms with Crippen LogP contribution >= 0.6 is 0 Å². The predicted octanol–water partition coefficient (Wildman–Crippen LogP) is 4.85. The molecule has 2 heterocycles. The van der Waals surface area contributed by atoms with E-state index in [0.717, 1.165) is 16.6 Å². The number of para-hydroxylation sites is 1. The highest BCUT2D eigenvalue weighted by molar-refractivity contribution is 6.06. The second kappa shape index (κ2) is 10.5. The van der Waals surface area contributed by atoms with E-state index in [-0.39, 0.29) is 11.8 Å². The molecule has 0 atom stereocenters. The van der Waals surface area contributed by atoms with Crippen molar-refractivity contribution in [3.8, 4) is 5.75 Å². The Balaban J connectivity index is 1.19. The van der Waals surface area contributed by atoms with Gasteiger partial charge in [0.2, 0.25) is 0 Å². The van der Waals surface area contributed by atoms with Gasteiger partial charge in [-0.15, -0.1) is 0 Å². The van der Waals surface area contributed by atoms with Gasteiger partial charge in [-0.05, 0) is 54.1 Å². The van der Waals surface area contributed by atoms with Gasteiger partial charge in [0.1, 0.15) is 11.6 Å². The number of pyridine rings is 1. The fourth-order valence-electron chi connectivity index (χ4n) is 4.42. The first-order chi connectivity index (χ1) is 17.6. The Morgan fingerprint density at radius 2 is 1.64 bits per heavy atom. The third-order valence-electron chi connectivity index (χ3n) is 6.32. The van der Waals surface area contributed by atoms with Crippen molar-refractivity contribution < 1.29 is 14.3 Å². The third-order valence-corrected chi connectivity index (χ3v) is 6.32. The van der Waals surface area contributed by atoms with Crippen LogP contribution in [-0.2, 0) is 0 Å². The lowest BCUT2D eigenvalue weighted by Gasteiger charge is -2.35. The first kappa shape index (κ1) is 23.4. The summed E-state index contributed by atoms with van der Waals surface area (Å²) in [6, 6.07) is 24.8. The molecule has 182 valence electrons. The molecule has 2 amide bonds. The Morgan fingerprint density at radius 1 is 0.889 bits per heavy atom. The highest BCUT2D eigenvalue weighted by Crippen LogP contribution is 2.22. The minimum absolute atomic E-state index is 0.0544. The van der Waals surface area contributed by atoms with Crippen LogP contribution in [0.5, 0.6) is 5.75 Å². The minimum atomic E-state index is -0.241. The Morgan fingerprint density at radius 3 is 2.39 bits per heavy atom. The number of ether oxygens (including phenoxy) is 1. The lowest BCUT2D eigenvalue weighted by molar-refractivity contribution is 0.0746. The van der Waals surface area contributed by atoms with Gasteiger partial charge in [-0.3, -0.25) is 9.59 Å². The summed E-state index contributed by atoms with van der Waals surface area (Å²) in [6.07, 6.45) is 1.66. The number of hydrogen-bond donors (Lipinski definition) is 1. The first-order valence-corrected chi connectivity index (χ1v) is 12.1. The van der Waals surface area contributed by atoms with Crippen molar-refractivity contribution >= 4 is 34.1 Å². The highest BCUT2D eigenvalue weighted by atomic mass is 16.5. The second-order valence-corrected chi connectivity index (χ2v) is 8.63. The van der Waals surface area contributed by atoms with Gasteiger partial charge in [-0.2, -0.15) is 0 Å². The van der Waals surface area contributed by atoms with Crippen molar-refractivity contribution in [2.24, 2.45) is 0 Å². The number of piperazine rings is 1. The molecule has 0 spiro atoms. The number of hydrogen-bond acceptors (Lipinski definition) is 5. The van der Waals surface area contributed by atoms with Crippen molar-refractivity contribution in [1.29, 1.82) is 0 Å². The van der Waals surface area contributed by atoms with Gasteiger partial charge in [0, 0.05) is 31.7 Å². The molecule has 1 fully saturated rings. The van der Waals surface area contributed by atoms with E-state index in [1.807, 2.05) is 78.6 Å². The Labute approximate surface area is 210 Å². The molecule has 1 aliphatic rings. The van der Waals surface area contributed by atoms with Crippen molar-refractivity contribution in [1.82, 2.24) is 9.88 Å². The molecule has 1 aliphatic heterocycles. The van der Waals surface area contributed by atoms with Crippen LogP contribution < -0.4 is 15.0 Å². The Kier molecular flexibility index (Phi) is 6.80. The maximum atomic E-state index is 13.1. The molecule has 1 aromatic heterocycles. The number of rotatable bonds is 6. The third kappa shape index (κ3) is 5.00. The van der Waals surface area contributed by atoms with Crippen LogP contribution in [0.15, 0.2) is 85.1 Å². The van der Waals surface area contributed by atoms with Gasteiger partial charge in [0.25, 0.3) is 11.8 Å². The molecule has 1 N–H and O–H groups in total. The molecule has 7 nitrogen and oxygen atoms in total. The van der Waals surface area contributed by atoms with E-state index in [2.05, 4.69) is 15.2 Å². The summed E-state index contributed by atoms with van der Waals surface area (Å²) in [5.41, 5.74) is 1.81. The molecule has 0 radical (unpaired) electrons. The molecule has 0 aliphatic carbocycles. The first-order valence-electron chi connectivity index (χ1n) is 12.1. The summed E-state index contributed by atoms with van der Waals surface area (Å²) in [5.74, 6) is 1.19. The van der Waals surface area contributed by atoms with Crippen LogP contribution in [0.4, 0.5) is 11.5 Å². The summed E-state index contributed by atoms with van der Waals surface area (Å²) >= 11 is 0. The average molecular weight is 481 g/mol. The summed E-state index contributed by atoms with van der Waals surface area (Å²) in [7, 11) is 0. The number of nitrogens with zero attached hydrogens (tertiary/aromatic N) is 3. The Hall–Kier alpha value is -4.39. The van der Waals surface area contributed by atoms with Gasteiger partial charge in [-0.1, -0.05) is 42.5 Å². The van der Waals surface area contributed by atoms with Crippen LogP contribution in [0.1, 0.15) is 27.6 Å². The zero-order chi connectivity index (χ0) is 24.9. The molecule has 36 heavy (non-hydrogen) atoms. The van der Waals surface area contributed by atoms with Gasteiger partial charge < -0.3 is 19.9 Å². The molecule has 4 aromatic rings. The summed E-state index contributed by atoms with van der Waals surface area (Å²) in [5, 5.41) is 5.08. The molecular weight excluding hydrogens is 452 g/mol. The number of benzene rings is 3. The van der Waals surface area contributed by atoms with Gasteiger partial charge >= 0.3 is 0 Å². The number of carbonyl (C=O) groups excluding carboxylic acids is 2. The van der Waals surface area contributed by atoms with E-state index in [9.17, 15) is 9.59 Å². The highest BCUT2D eigenvalue weighted by Gasteiger charge is 2.23. The number of nitrogens with one attached hydrogen (secondary N) is 1. The van der Waals surface area contributed by atoms with Crippen LogP contribution in [-0.4, -0.2) is 54.5 Å². The van der Waals surface area contributed by atoms with E-state index >= 15 is 0 Å². The zero-order valence-corrected chi connectivity index (χ0v) is 20.2. The van der Waals surface area contributed by atoms with Gasteiger partial charge in [0.05, 0.1) is 24.1 Å². The predicted molar refractivity (Wildman–Crippen MR) is 142 cm³/mol. The van der Waals surface area contributed by atoms with Crippen molar-refractivity contribution in [2.75, 3.05) is 43.0 Å². The topological polar surface area (TPSA) is 74.8 Å². The molecule has 3 aromatic carbocycles. The number of anilines is 2. The minimum Gasteiger partial charge on any atom is -0.493 e. The molecular formula is C29H28N4O3. The lowest BCUT2D eigenvalue weighted by Crippen LogP contribution is -2.49. The van der Waals surface area contributed by atoms with Crippen LogP contribution in [0.3, 0.4) is 0 Å². The van der Waals surface area contributed by atoms with Crippen LogP contribution in [0.2, 0.25) is 0 Å². The summed E-state index contributed by atoms with van der Waals surface area (Å²) in [6.45, 7) is 5.01. The normalized spacial score (nSPS) is 13.5. The maximum absolute atomic E-state index is 13.1. The van der Waals surface area contributed by atoms with E-state index in [1.54, 1.807) is 18.3 Å². The van der Waals surface area contributed by atoms with Gasteiger partial charge in [0.15, 0.2) is 0 Å². The summed E-state index contributed by atoms with van der Waals surface area (Å²) in [4.78, 5) is 34.4. The van der Waals surface area contributed by atoms with Crippen LogP contribution in [0, 0.1) is 0 Å². The van der Waals surface area contributed by atoms with Crippen molar-refractivity contribution in [3.05, 3.63) is 96.2 Å². The second-order valence-electron chi connectivity index (χ2n) is 8.63. The smallest absolute Gasteiger partial charge is 0.259 e. The van der Waals surface area contributed by atoms with Crippen molar-refractivity contribution in [2.45, 2.75) is 6.92 Å². The largest absolute Gasteiger partial charge is 0.493 e. The van der Waals surface area contributed by atoms with Gasteiger partial charge in [-0.25, -0.2) is 4.98 Å². The molecule has 0 unspecified atom stereocenters. The number of aromatic nitrogens is 1. The fourth-order valence-corrected chi connectivity index (χ4v) is 4.42. The standard InChI is InChI=1S/C29H28N4O3/c1-2-36-26-10-6-5-9-25(26)28(34)31-24-13-14-27(30-20-24)32-15-17-33(18-16-32)29(35)23-12-11-21-7-3-4-8-22(21)19-23/h3-14,19-20H,2,15-18H2,1H3,(H,31,34). The lowest BCUT2D eigenvalue weighted by atomic mass is 10.1. The van der Waals surface area contributed by atoms with E-state index in [4.69, 9.17) is 4.74 Å². The fraction of sp³-hybridized carbons (Fsp3) is 0.207. The quantitative estimate of drug-likeness (QED) is 0.427. The molecule has 5 rings (SSSR count). The van der Waals surface area contributed by atoms with E-state index in [0.29, 0.717) is 55.3 Å².